The van der Waals surface area contributed by atoms with Crippen LogP contribution in [0.2, 0.25) is 18.1 Å². The van der Waals surface area contributed by atoms with Crippen LogP contribution in [0.3, 0.4) is 0 Å². The highest BCUT2D eigenvalue weighted by atomic mass is 28.4. The lowest BCUT2D eigenvalue weighted by molar-refractivity contribution is 0.0594. The van der Waals surface area contributed by atoms with E-state index in [-0.39, 0.29) is 5.04 Å². The van der Waals surface area contributed by atoms with E-state index in [4.69, 9.17) is 4.43 Å². The van der Waals surface area contributed by atoms with Crippen molar-refractivity contribution in [2.24, 2.45) is 0 Å². The Labute approximate surface area is 134 Å². The summed E-state index contributed by atoms with van der Waals surface area (Å²) in [6.07, 6.45) is 4.76. The molecule has 5 heteroatoms. The van der Waals surface area contributed by atoms with Gasteiger partial charge in [0.25, 0.3) is 0 Å². The maximum absolute atomic E-state index is 11.4. The topological polar surface area (TPSA) is 48.4 Å². The summed E-state index contributed by atoms with van der Waals surface area (Å²) in [5.41, 5.74) is 1.07. The quantitative estimate of drug-likeness (QED) is 0.445. The zero-order valence-electron chi connectivity index (χ0n) is 14.5. The smallest absolute Gasteiger partial charge is 0.356 e. The number of methoxy groups -OCH3 is 1. The number of aromatic nitrogens is 1. The zero-order chi connectivity index (χ0) is 16.8. The molecule has 0 saturated carbocycles. The highest BCUT2D eigenvalue weighted by molar-refractivity contribution is 6.74. The highest BCUT2D eigenvalue weighted by Gasteiger charge is 2.36. The van der Waals surface area contributed by atoms with Gasteiger partial charge in [-0.25, -0.2) is 9.78 Å². The lowest BCUT2D eigenvalue weighted by Crippen LogP contribution is -2.40. The summed E-state index contributed by atoms with van der Waals surface area (Å²) >= 11 is 0. The summed E-state index contributed by atoms with van der Waals surface area (Å²) in [5.74, 6) is -0.420. The van der Waals surface area contributed by atoms with E-state index in [0.717, 1.165) is 12.1 Å². The Morgan fingerprint density at radius 3 is 2.59 bits per heavy atom. The second kappa shape index (κ2) is 7.69. The molecule has 0 unspecified atom stereocenters. The Balaban J connectivity index is 2.52. The van der Waals surface area contributed by atoms with Crippen molar-refractivity contribution < 1.29 is 14.0 Å². The van der Waals surface area contributed by atoms with E-state index in [2.05, 4.69) is 43.6 Å². The Morgan fingerprint density at radius 1 is 1.32 bits per heavy atom. The van der Waals surface area contributed by atoms with Crippen molar-refractivity contribution in [2.75, 3.05) is 13.7 Å². The number of hydrogen-bond donors (Lipinski definition) is 0. The normalized spacial score (nSPS) is 12.6. The van der Waals surface area contributed by atoms with Crippen LogP contribution >= 0.6 is 0 Å². The average molecular weight is 321 g/mol. The van der Waals surface area contributed by atoms with Gasteiger partial charge in [-0.2, -0.15) is 0 Å². The van der Waals surface area contributed by atoms with Crippen molar-refractivity contribution in [3.8, 4) is 0 Å². The van der Waals surface area contributed by atoms with Gasteiger partial charge in [0.1, 0.15) is 5.69 Å². The molecule has 0 aliphatic rings. The van der Waals surface area contributed by atoms with E-state index in [1.54, 1.807) is 12.1 Å². The molecular formula is C17H27NO3Si. The van der Waals surface area contributed by atoms with Crippen LogP contribution in [-0.4, -0.2) is 33.0 Å². The van der Waals surface area contributed by atoms with Crippen LogP contribution < -0.4 is 0 Å². The van der Waals surface area contributed by atoms with Crippen LogP contribution in [0.5, 0.6) is 0 Å². The lowest BCUT2D eigenvalue weighted by Gasteiger charge is -2.36. The zero-order valence-corrected chi connectivity index (χ0v) is 15.5. The Bertz CT molecular complexity index is 533. The number of carbonyl (C=O) groups excluding carboxylic acids is 1. The molecule has 0 aliphatic carbocycles. The van der Waals surface area contributed by atoms with Crippen molar-refractivity contribution in [1.82, 2.24) is 4.98 Å². The molecule has 0 atom stereocenters. The molecule has 0 aliphatic heterocycles. The van der Waals surface area contributed by atoms with Crippen LogP contribution in [-0.2, 0) is 9.16 Å². The molecule has 0 spiro atoms. The molecule has 0 saturated heterocycles. The molecular weight excluding hydrogens is 294 g/mol. The van der Waals surface area contributed by atoms with E-state index in [0.29, 0.717) is 12.3 Å². The van der Waals surface area contributed by atoms with Gasteiger partial charge in [-0.3, -0.25) is 0 Å². The molecule has 0 fully saturated rings. The van der Waals surface area contributed by atoms with Crippen LogP contribution in [0.25, 0.3) is 6.08 Å². The van der Waals surface area contributed by atoms with Crippen molar-refractivity contribution >= 4 is 20.4 Å². The Hall–Kier alpha value is -1.46. The first kappa shape index (κ1) is 18.6. The molecule has 0 amide bonds. The molecule has 1 aromatic heterocycles. The Kier molecular flexibility index (Phi) is 6.50. The molecule has 0 radical (unpaired) electrons. The first-order chi connectivity index (χ1) is 10.2. The molecule has 0 N–H and O–H groups in total. The summed E-state index contributed by atoms with van der Waals surface area (Å²) in [5, 5.41) is 0.229. The minimum atomic E-state index is -1.67. The highest BCUT2D eigenvalue weighted by Crippen LogP contribution is 2.36. The van der Waals surface area contributed by atoms with Crippen molar-refractivity contribution in [2.45, 2.75) is 45.3 Å². The molecule has 1 heterocycles. The standard InChI is InChI=1S/C17H27NO3Si/c1-17(2,3)22(5,6)21-13-8-7-10-14-11-9-12-15(18-14)16(19)20-4/h7,9-12H,8,13H2,1-6H3/b10-7-. The van der Waals surface area contributed by atoms with Crippen molar-refractivity contribution in [3.63, 3.8) is 0 Å². The molecule has 1 aromatic rings. The second-order valence-corrected chi connectivity index (χ2v) is 11.5. The largest absolute Gasteiger partial charge is 0.464 e. The average Bonchev–Trinajstić information content (AvgIpc) is 2.45. The lowest BCUT2D eigenvalue weighted by atomic mass is 10.2. The maximum Gasteiger partial charge on any atom is 0.356 e. The van der Waals surface area contributed by atoms with E-state index in [1.807, 2.05) is 18.2 Å². The third kappa shape index (κ3) is 5.39. The van der Waals surface area contributed by atoms with Gasteiger partial charge in [0.05, 0.1) is 12.8 Å². The first-order valence-corrected chi connectivity index (χ1v) is 10.4. The van der Waals surface area contributed by atoms with Gasteiger partial charge >= 0.3 is 5.97 Å². The van der Waals surface area contributed by atoms with E-state index < -0.39 is 14.3 Å². The summed E-state index contributed by atoms with van der Waals surface area (Å²) in [4.78, 5) is 15.7. The van der Waals surface area contributed by atoms with Crippen LogP contribution in [0, 0.1) is 0 Å². The van der Waals surface area contributed by atoms with Crippen LogP contribution in [0.4, 0.5) is 0 Å². The summed E-state index contributed by atoms with van der Waals surface area (Å²) < 4.78 is 10.8. The van der Waals surface area contributed by atoms with Gasteiger partial charge < -0.3 is 9.16 Å². The maximum atomic E-state index is 11.4. The van der Waals surface area contributed by atoms with Gasteiger partial charge in [0, 0.05) is 6.61 Å². The van der Waals surface area contributed by atoms with E-state index >= 15 is 0 Å². The molecule has 4 nitrogen and oxygen atoms in total. The number of carbonyl (C=O) groups is 1. The fraction of sp³-hybridized carbons (Fsp3) is 0.529. The van der Waals surface area contributed by atoms with Gasteiger partial charge in [-0.1, -0.05) is 32.9 Å². The number of rotatable bonds is 6. The number of pyridine rings is 1. The van der Waals surface area contributed by atoms with E-state index in [9.17, 15) is 4.79 Å². The number of esters is 1. The first-order valence-electron chi connectivity index (χ1n) is 7.53. The van der Waals surface area contributed by atoms with Gasteiger partial charge in [-0.05, 0) is 42.8 Å². The molecule has 0 aromatic carbocycles. The number of hydrogen-bond acceptors (Lipinski definition) is 4. The summed E-state index contributed by atoms with van der Waals surface area (Å²) in [6, 6.07) is 5.30. The van der Waals surface area contributed by atoms with Gasteiger partial charge in [-0.15, -0.1) is 0 Å². The number of nitrogens with zero attached hydrogens (tertiary/aromatic N) is 1. The second-order valence-electron chi connectivity index (χ2n) is 6.74. The minimum Gasteiger partial charge on any atom is -0.464 e. The third-order valence-electron chi connectivity index (χ3n) is 4.01. The summed E-state index contributed by atoms with van der Waals surface area (Å²) in [7, 11) is -0.322. The molecule has 0 bridgehead atoms. The number of ether oxygens (including phenoxy) is 1. The summed E-state index contributed by atoms with van der Waals surface area (Å²) in [6.45, 7) is 11.9. The third-order valence-corrected chi connectivity index (χ3v) is 8.55. The van der Waals surface area contributed by atoms with Gasteiger partial charge in [0.2, 0.25) is 0 Å². The molecule has 22 heavy (non-hydrogen) atoms. The molecule has 122 valence electrons. The fourth-order valence-corrected chi connectivity index (χ4v) is 2.63. The monoisotopic (exact) mass is 321 g/mol. The predicted molar refractivity (Wildman–Crippen MR) is 92.4 cm³/mol. The minimum absolute atomic E-state index is 0.229. The molecule has 1 rings (SSSR count). The van der Waals surface area contributed by atoms with Crippen LogP contribution in [0.15, 0.2) is 24.3 Å². The van der Waals surface area contributed by atoms with Gasteiger partial charge in [0.15, 0.2) is 8.32 Å². The fourth-order valence-electron chi connectivity index (χ4n) is 1.57. The Morgan fingerprint density at radius 2 is 2.00 bits per heavy atom. The van der Waals surface area contributed by atoms with Crippen LogP contribution in [0.1, 0.15) is 43.4 Å². The SMILES string of the molecule is COC(=O)c1cccc(/C=C\CCO[Si](C)(C)C(C)(C)C)n1. The van der Waals surface area contributed by atoms with E-state index in [1.165, 1.54) is 7.11 Å². The predicted octanol–water partition coefficient (Wildman–Crippen LogP) is 4.29. The van der Waals surface area contributed by atoms with Crippen molar-refractivity contribution in [3.05, 3.63) is 35.7 Å². The van der Waals surface area contributed by atoms with Crippen molar-refractivity contribution in [1.29, 1.82) is 0 Å².